The fourth-order valence-electron chi connectivity index (χ4n) is 6.92. The first kappa shape index (κ1) is 50.2. The Labute approximate surface area is 326 Å². The monoisotopic (exact) mass is 687 g/mol. The standard InChI is InChI=1S/C44H86O3.Na.H/c1-3-5-7-9-11-13-15-17-19-21-23-25-27-29-31-33-35-37-39-41-43(45)47-44(46)42-40-38-36-34-32-30-28-26-24-22-20-18-16-14-12-10-8-6-4-2;;/h3-42H2,1-2H3;;/q;+1;-1. The van der Waals surface area contributed by atoms with Crippen molar-refractivity contribution < 1.29 is 45.3 Å². The summed E-state index contributed by atoms with van der Waals surface area (Å²) in [5, 5.41) is 0. The van der Waals surface area contributed by atoms with E-state index in [2.05, 4.69) is 13.8 Å². The third-order valence-electron chi connectivity index (χ3n) is 10.2. The summed E-state index contributed by atoms with van der Waals surface area (Å²) in [4.78, 5) is 24.0. The van der Waals surface area contributed by atoms with E-state index in [1.807, 2.05) is 0 Å². The number of hydrogen-bond acceptors (Lipinski definition) is 3. The van der Waals surface area contributed by atoms with Crippen molar-refractivity contribution in [2.24, 2.45) is 0 Å². The minimum atomic E-state index is -0.320. The van der Waals surface area contributed by atoms with Crippen molar-refractivity contribution >= 4 is 11.9 Å². The zero-order valence-electron chi connectivity index (χ0n) is 34.5. The van der Waals surface area contributed by atoms with Crippen molar-refractivity contribution in [3.05, 3.63) is 0 Å². The van der Waals surface area contributed by atoms with Crippen LogP contribution < -0.4 is 29.6 Å². The molecule has 0 bridgehead atoms. The molecule has 282 valence electrons. The molecule has 0 saturated heterocycles. The van der Waals surface area contributed by atoms with Crippen molar-refractivity contribution in [2.45, 2.75) is 271 Å². The molecule has 0 saturated carbocycles. The smallest absolute Gasteiger partial charge is 1.00 e. The number of ether oxygens (including phenoxy) is 1. The molecule has 0 aromatic carbocycles. The molecular formula is C44H87NaO3. The molecule has 0 spiro atoms. The van der Waals surface area contributed by atoms with Crippen LogP contribution >= 0.6 is 0 Å². The molecule has 48 heavy (non-hydrogen) atoms. The Kier molecular flexibility index (Phi) is 47.3. The van der Waals surface area contributed by atoms with Gasteiger partial charge in [0.2, 0.25) is 0 Å². The molecule has 0 unspecified atom stereocenters. The van der Waals surface area contributed by atoms with Gasteiger partial charge in [-0.05, 0) is 12.8 Å². The SMILES string of the molecule is CCCCCCCCCCCCCCCCCCCCCC(=O)OC(=O)CCCCCCCCCCCCCCCCCCCCC.[H-].[Na+]. The van der Waals surface area contributed by atoms with Crippen LogP contribution in [0.25, 0.3) is 0 Å². The first-order chi connectivity index (χ1) is 23.2. The zero-order chi connectivity index (χ0) is 34.1. The number of rotatable bonds is 40. The molecule has 0 rings (SSSR count). The van der Waals surface area contributed by atoms with Crippen LogP contribution in [-0.4, -0.2) is 11.9 Å². The van der Waals surface area contributed by atoms with E-state index in [-0.39, 0.29) is 42.9 Å². The fourth-order valence-corrected chi connectivity index (χ4v) is 6.92. The van der Waals surface area contributed by atoms with Gasteiger partial charge in [-0.15, -0.1) is 0 Å². The van der Waals surface area contributed by atoms with Gasteiger partial charge in [-0.3, -0.25) is 9.59 Å². The van der Waals surface area contributed by atoms with Gasteiger partial charge in [0.15, 0.2) is 0 Å². The summed E-state index contributed by atoms with van der Waals surface area (Å²) in [5.41, 5.74) is 0. The molecule has 0 aliphatic carbocycles. The van der Waals surface area contributed by atoms with E-state index in [4.69, 9.17) is 4.74 Å². The first-order valence-electron chi connectivity index (χ1n) is 21.9. The van der Waals surface area contributed by atoms with Gasteiger partial charge < -0.3 is 6.16 Å². The second kappa shape index (κ2) is 45.2. The summed E-state index contributed by atoms with van der Waals surface area (Å²) in [6.07, 6.45) is 51.9. The predicted molar refractivity (Wildman–Crippen MR) is 208 cm³/mol. The Bertz CT molecular complexity index is 577. The van der Waals surface area contributed by atoms with Gasteiger partial charge in [-0.25, -0.2) is 0 Å². The average Bonchev–Trinajstić information content (AvgIpc) is 3.06. The van der Waals surface area contributed by atoms with E-state index < -0.39 is 0 Å². The molecule has 0 amide bonds. The van der Waals surface area contributed by atoms with Crippen LogP contribution in [0, 0.1) is 0 Å². The molecule has 4 heteroatoms. The normalized spacial score (nSPS) is 11.1. The maximum atomic E-state index is 12.0. The third-order valence-corrected chi connectivity index (χ3v) is 10.2. The van der Waals surface area contributed by atoms with Gasteiger partial charge in [-0.1, -0.05) is 245 Å². The quantitative estimate of drug-likeness (QED) is 0.0279. The Morgan fingerprint density at radius 1 is 0.292 bits per heavy atom. The van der Waals surface area contributed by atoms with Gasteiger partial charge in [0, 0.05) is 12.8 Å². The Balaban J connectivity index is -0.0000106. The number of unbranched alkanes of at least 4 members (excludes halogenated alkanes) is 36. The van der Waals surface area contributed by atoms with Crippen LogP contribution in [0.3, 0.4) is 0 Å². The molecule has 0 N–H and O–H groups in total. The average molecular weight is 687 g/mol. The zero-order valence-corrected chi connectivity index (χ0v) is 35.5. The van der Waals surface area contributed by atoms with E-state index in [1.165, 1.54) is 218 Å². The van der Waals surface area contributed by atoms with Crippen LogP contribution in [0.2, 0.25) is 0 Å². The first-order valence-corrected chi connectivity index (χ1v) is 21.9. The molecule has 0 fully saturated rings. The summed E-state index contributed by atoms with van der Waals surface area (Å²) >= 11 is 0. The Morgan fingerprint density at radius 3 is 0.604 bits per heavy atom. The molecule has 0 radical (unpaired) electrons. The van der Waals surface area contributed by atoms with E-state index in [0.29, 0.717) is 12.8 Å². The van der Waals surface area contributed by atoms with Gasteiger partial charge in [0.1, 0.15) is 0 Å². The van der Waals surface area contributed by atoms with Crippen molar-refractivity contribution in [2.75, 3.05) is 0 Å². The Morgan fingerprint density at radius 2 is 0.438 bits per heavy atom. The second-order valence-corrected chi connectivity index (χ2v) is 15.1. The molecule has 3 nitrogen and oxygen atoms in total. The van der Waals surface area contributed by atoms with Crippen LogP contribution in [0.5, 0.6) is 0 Å². The minimum absolute atomic E-state index is 0. The molecule has 0 aliphatic rings. The van der Waals surface area contributed by atoms with Gasteiger partial charge >= 0.3 is 41.5 Å². The van der Waals surface area contributed by atoms with E-state index in [9.17, 15) is 9.59 Å². The van der Waals surface area contributed by atoms with Crippen LogP contribution in [0.1, 0.15) is 272 Å². The van der Waals surface area contributed by atoms with Crippen molar-refractivity contribution in [3.63, 3.8) is 0 Å². The summed E-state index contributed by atoms with van der Waals surface area (Å²) < 4.78 is 5.05. The van der Waals surface area contributed by atoms with Crippen LogP contribution in [0.4, 0.5) is 0 Å². The molecule has 0 heterocycles. The van der Waals surface area contributed by atoms with Crippen molar-refractivity contribution in [1.29, 1.82) is 0 Å². The topological polar surface area (TPSA) is 43.4 Å². The van der Waals surface area contributed by atoms with Gasteiger partial charge in [-0.2, -0.15) is 0 Å². The maximum absolute atomic E-state index is 12.0. The Hall–Kier alpha value is 0.140. The van der Waals surface area contributed by atoms with Crippen LogP contribution in [0.15, 0.2) is 0 Å². The maximum Gasteiger partial charge on any atom is 1.00 e. The van der Waals surface area contributed by atoms with E-state index in [0.717, 1.165) is 25.7 Å². The molecule has 0 aliphatic heterocycles. The fraction of sp³-hybridized carbons (Fsp3) is 0.955. The molecule has 0 aromatic rings. The number of esters is 2. The third kappa shape index (κ3) is 44.2. The number of carbonyl (C=O) groups excluding carboxylic acids is 2. The van der Waals surface area contributed by atoms with Gasteiger partial charge in [0.05, 0.1) is 0 Å². The molecule has 0 aromatic heterocycles. The summed E-state index contributed by atoms with van der Waals surface area (Å²) in [6.45, 7) is 4.58. The predicted octanol–water partition coefficient (Wildman–Crippen LogP) is 12.8. The molecule has 0 atom stereocenters. The summed E-state index contributed by atoms with van der Waals surface area (Å²) in [7, 11) is 0. The second-order valence-electron chi connectivity index (χ2n) is 15.1. The van der Waals surface area contributed by atoms with Crippen molar-refractivity contribution in [3.8, 4) is 0 Å². The van der Waals surface area contributed by atoms with Gasteiger partial charge in [0.25, 0.3) is 0 Å². The summed E-state index contributed by atoms with van der Waals surface area (Å²) in [5.74, 6) is -0.639. The number of carbonyl (C=O) groups is 2. The van der Waals surface area contributed by atoms with E-state index >= 15 is 0 Å². The van der Waals surface area contributed by atoms with E-state index in [1.54, 1.807) is 0 Å². The van der Waals surface area contributed by atoms with Crippen LogP contribution in [-0.2, 0) is 14.3 Å². The summed E-state index contributed by atoms with van der Waals surface area (Å²) in [6, 6.07) is 0. The minimum Gasteiger partial charge on any atom is -1.00 e. The molecular weight excluding hydrogens is 599 g/mol. The number of hydrogen-bond donors (Lipinski definition) is 0. The largest absolute Gasteiger partial charge is 1.00 e. The van der Waals surface area contributed by atoms with Crippen molar-refractivity contribution in [1.82, 2.24) is 0 Å².